The molecule has 0 saturated heterocycles. The topological polar surface area (TPSA) is 55.0 Å². The van der Waals surface area contributed by atoms with E-state index in [2.05, 4.69) is 28.5 Å². The van der Waals surface area contributed by atoms with Crippen molar-refractivity contribution < 1.29 is 0 Å². The van der Waals surface area contributed by atoms with E-state index in [-0.39, 0.29) is 0 Å². The van der Waals surface area contributed by atoms with Gasteiger partial charge in [-0.15, -0.1) is 5.10 Å². The normalized spacial score (nSPS) is 10.9. The molecule has 12 heavy (non-hydrogen) atoms. The van der Waals surface area contributed by atoms with Crippen molar-refractivity contribution in [2.45, 2.75) is 19.9 Å². The van der Waals surface area contributed by atoms with E-state index in [0.717, 1.165) is 30.2 Å². The molecule has 5 heteroatoms. The predicted molar refractivity (Wildman–Crippen MR) is 50.9 cm³/mol. The smallest absolute Gasteiger partial charge is 0.132 e. The molecule has 0 amide bonds. The summed E-state index contributed by atoms with van der Waals surface area (Å²) in [6.45, 7) is 4.02. The van der Waals surface area contributed by atoms with Gasteiger partial charge in [-0.05, 0) is 20.0 Å². The first-order chi connectivity index (χ1) is 5.74. The monoisotopic (exact) mass is 186 g/mol. The van der Waals surface area contributed by atoms with Gasteiger partial charge in [0, 0.05) is 18.1 Å². The van der Waals surface area contributed by atoms with Crippen LogP contribution in [0.3, 0.4) is 0 Å². The van der Waals surface area contributed by atoms with E-state index in [1.54, 1.807) is 0 Å². The van der Waals surface area contributed by atoms with Gasteiger partial charge in [-0.2, -0.15) is 0 Å². The number of rotatable bonds is 4. The van der Waals surface area contributed by atoms with Gasteiger partial charge in [-0.3, -0.25) is 0 Å². The Bertz CT molecular complexity index is 235. The van der Waals surface area contributed by atoms with Gasteiger partial charge in [-0.25, -0.2) is 0 Å². The summed E-state index contributed by atoms with van der Waals surface area (Å²) in [6, 6.07) is 0. The van der Waals surface area contributed by atoms with Gasteiger partial charge in [0.15, 0.2) is 0 Å². The number of nitrogens with zero attached hydrogens (tertiary/aromatic N) is 3. The third kappa shape index (κ3) is 2.42. The minimum atomic E-state index is 0.734. The lowest BCUT2D eigenvalue weighted by Gasteiger charge is -2.13. The predicted octanol–water partition coefficient (Wildman–Crippen LogP) is 0.962. The summed E-state index contributed by atoms with van der Waals surface area (Å²) in [7, 11) is 2.06. The van der Waals surface area contributed by atoms with E-state index in [1.807, 2.05) is 0 Å². The highest BCUT2D eigenvalue weighted by atomic mass is 32.1. The highest BCUT2D eigenvalue weighted by Crippen LogP contribution is 2.13. The molecule has 0 aliphatic carbocycles. The van der Waals surface area contributed by atoms with Crippen LogP contribution in [0.15, 0.2) is 0 Å². The van der Waals surface area contributed by atoms with Crippen LogP contribution in [0.1, 0.15) is 19.0 Å². The maximum absolute atomic E-state index is 5.65. The molecule has 0 saturated carbocycles. The van der Waals surface area contributed by atoms with Gasteiger partial charge in [-0.1, -0.05) is 11.4 Å². The first kappa shape index (κ1) is 9.41. The van der Waals surface area contributed by atoms with Crippen LogP contribution in [-0.2, 0) is 6.54 Å². The van der Waals surface area contributed by atoms with Crippen LogP contribution in [-0.4, -0.2) is 28.1 Å². The Morgan fingerprint density at radius 3 is 2.83 bits per heavy atom. The van der Waals surface area contributed by atoms with Gasteiger partial charge < -0.3 is 10.6 Å². The fourth-order valence-corrected chi connectivity index (χ4v) is 1.48. The fourth-order valence-electron chi connectivity index (χ4n) is 1.04. The molecule has 0 fully saturated rings. The summed E-state index contributed by atoms with van der Waals surface area (Å²) in [4.78, 5) is 2.19. The fraction of sp³-hybridized carbons (Fsp3) is 0.714. The number of aromatic nitrogens is 2. The van der Waals surface area contributed by atoms with E-state index in [4.69, 9.17) is 5.73 Å². The number of anilines is 1. The zero-order valence-corrected chi connectivity index (χ0v) is 8.27. The van der Waals surface area contributed by atoms with Crippen molar-refractivity contribution in [2.24, 2.45) is 0 Å². The summed E-state index contributed by atoms with van der Waals surface area (Å²) in [6.07, 6.45) is 1.15. The maximum atomic E-state index is 5.65. The standard InChI is InChI=1S/C7H14N4S/c1-3-4-11(2)5-6-7(8)12-10-9-6/h3-5,8H2,1-2H3. The third-order valence-electron chi connectivity index (χ3n) is 1.61. The number of hydrogen-bond acceptors (Lipinski definition) is 5. The van der Waals surface area contributed by atoms with Gasteiger partial charge in [0.1, 0.15) is 10.7 Å². The van der Waals surface area contributed by atoms with Crippen molar-refractivity contribution in [3.63, 3.8) is 0 Å². The third-order valence-corrected chi connectivity index (χ3v) is 2.21. The van der Waals surface area contributed by atoms with Crippen molar-refractivity contribution >= 4 is 16.5 Å². The Balaban J connectivity index is 2.46. The molecule has 4 nitrogen and oxygen atoms in total. The van der Waals surface area contributed by atoms with Gasteiger partial charge >= 0.3 is 0 Å². The Morgan fingerprint density at radius 1 is 1.58 bits per heavy atom. The average molecular weight is 186 g/mol. The SMILES string of the molecule is CCCN(C)Cc1nnsc1N. The van der Waals surface area contributed by atoms with Gasteiger partial charge in [0.05, 0.1) is 0 Å². The van der Waals surface area contributed by atoms with Crippen molar-refractivity contribution in [2.75, 3.05) is 19.3 Å². The number of nitrogens with two attached hydrogens (primary N) is 1. The molecular weight excluding hydrogens is 172 g/mol. The molecule has 1 aromatic heterocycles. The molecule has 0 aromatic carbocycles. The van der Waals surface area contributed by atoms with Crippen LogP contribution < -0.4 is 5.73 Å². The van der Waals surface area contributed by atoms with Gasteiger partial charge in [0.25, 0.3) is 0 Å². The van der Waals surface area contributed by atoms with Crippen LogP contribution in [0.2, 0.25) is 0 Å². The Hall–Kier alpha value is -0.680. The van der Waals surface area contributed by atoms with E-state index in [0.29, 0.717) is 0 Å². The Labute approximate surface area is 76.5 Å². The molecule has 68 valence electrons. The number of nitrogen functional groups attached to an aromatic ring is 1. The quantitative estimate of drug-likeness (QED) is 0.761. The molecule has 2 N–H and O–H groups in total. The zero-order valence-electron chi connectivity index (χ0n) is 7.45. The molecule has 0 aliphatic rings. The van der Waals surface area contributed by atoms with E-state index in [1.165, 1.54) is 11.5 Å². The van der Waals surface area contributed by atoms with Crippen molar-refractivity contribution in [3.05, 3.63) is 5.69 Å². The van der Waals surface area contributed by atoms with Crippen LogP contribution in [0.4, 0.5) is 5.00 Å². The summed E-state index contributed by atoms with van der Waals surface area (Å²) in [5.74, 6) is 0. The summed E-state index contributed by atoms with van der Waals surface area (Å²) in [5, 5.41) is 4.67. The zero-order chi connectivity index (χ0) is 8.97. The second-order valence-corrected chi connectivity index (χ2v) is 3.61. The molecule has 0 radical (unpaired) electrons. The molecular formula is C7H14N4S. The summed E-state index contributed by atoms with van der Waals surface area (Å²) >= 11 is 1.25. The van der Waals surface area contributed by atoms with Crippen molar-refractivity contribution in [3.8, 4) is 0 Å². The first-order valence-corrected chi connectivity index (χ1v) is 4.76. The lowest BCUT2D eigenvalue weighted by atomic mass is 10.4. The highest BCUT2D eigenvalue weighted by Gasteiger charge is 2.06. The minimum Gasteiger partial charge on any atom is -0.388 e. The van der Waals surface area contributed by atoms with Crippen molar-refractivity contribution in [1.82, 2.24) is 14.5 Å². The van der Waals surface area contributed by atoms with Crippen LogP contribution in [0, 0.1) is 0 Å². The highest BCUT2D eigenvalue weighted by molar-refractivity contribution is 7.09. The molecule has 0 unspecified atom stereocenters. The minimum absolute atomic E-state index is 0.734. The van der Waals surface area contributed by atoms with E-state index in [9.17, 15) is 0 Å². The maximum Gasteiger partial charge on any atom is 0.132 e. The largest absolute Gasteiger partial charge is 0.388 e. The van der Waals surface area contributed by atoms with E-state index >= 15 is 0 Å². The molecule has 0 aliphatic heterocycles. The van der Waals surface area contributed by atoms with Crippen molar-refractivity contribution in [1.29, 1.82) is 0 Å². The molecule has 1 heterocycles. The summed E-state index contributed by atoms with van der Waals surface area (Å²) < 4.78 is 3.77. The number of hydrogen-bond donors (Lipinski definition) is 1. The molecule has 0 bridgehead atoms. The molecule has 0 spiro atoms. The summed E-state index contributed by atoms with van der Waals surface area (Å²) in [5.41, 5.74) is 6.55. The van der Waals surface area contributed by atoms with Crippen LogP contribution >= 0.6 is 11.5 Å². The average Bonchev–Trinajstić information content (AvgIpc) is 2.37. The lowest BCUT2D eigenvalue weighted by Crippen LogP contribution is -2.19. The molecule has 1 rings (SSSR count). The van der Waals surface area contributed by atoms with E-state index < -0.39 is 0 Å². The molecule has 0 atom stereocenters. The lowest BCUT2D eigenvalue weighted by molar-refractivity contribution is 0.324. The second-order valence-electron chi connectivity index (χ2n) is 2.82. The Morgan fingerprint density at radius 2 is 2.33 bits per heavy atom. The first-order valence-electron chi connectivity index (χ1n) is 3.99. The second kappa shape index (κ2) is 4.37. The molecule has 1 aromatic rings. The van der Waals surface area contributed by atoms with Gasteiger partial charge in [0.2, 0.25) is 0 Å². The Kier molecular flexibility index (Phi) is 3.43. The van der Waals surface area contributed by atoms with Crippen LogP contribution in [0.5, 0.6) is 0 Å². The van der Waals surface area contributed by atoms with Crippen LogP contribution in [0.25, 0.3) is 0 Å².